The van der Waals surface area contributed by atoms with Crippen molar-refractivity contribution in [3.05, 3.63) is 23.6 Å². The van der Waals surface area contributed by atoms with Crippen LogP contribution in [0, 0.1) is 0 Å². The van der Waals surface area contributed by atoms with E-state index in [-0.39, 0.29) is 11.5 Å². The molecule has 0 aliphatic rings. The van der Waals surface area contributed by atoms with E-state index in [9.17, 15) is 0 Å². The van der Waals surface area contributed by atoms with E-state index in [0.717, 1.165) is 5.52 Å². The normalized spacial score (nSPS) is 11.7. The number of nitrogens with zero attached hydrogens (tertiary/aromatic N) is 3. The van der Waals surface area contributed by atoms with Gasteiger partial charge in [0.15, 0.2) is 5.82 Å². The van der Waals surface area contributed by atoms with Crippen molar-refractivity contribution in [2.24, 2.45) is 0 Å². The van der Waals surface area contributed by atoms with Gasteiger partial charge in [0.25, 0.3) is 0 Å². The summed E-state index contributed by atoms with van der Waals surface area (Å²) in [6.07, 6.45) is 0.288. The fraction of sp³-hybridized carbons (Fsp3) is 0.143. The SMILES string of the molecule is [2H]c1ccc2c(NC)nc(Cl)nn12. The van der Waals surface area contributed by atoms with Crippen LogP contribution in [-0.4, -0.2) is 21.6 Å². The van der Waals surface area contributed by atoms with Crippen LogP contribution in [0.4, 0.5) is 5.82 Å². The molecule has 0 radical (unpaired) electrons. The first-order valence-corrected chi connectivity index (χ1v) is 3.80. The van der Waals surface area contributed by atoms with Crippen LogP contribution in [0.1, 0.15) is 1.37 Å². The van der Waals surface area contributed by atoms with Gasteiger partial charge in [-0.3, -0.25) is 0 Å². The van der Waals surface area contributed by atoms with Crippen LogP contribution in [0.15, 0.2) is 18.3 Å². The zero-order chi connectivity index (χ0) is 9.42. The Bertz CT molecular complexity index is 453. The number of anilines is 1. The van der Waals surface area contributed by atoms with Gasteiger partial charge in [0, 0.05) is 13.2 Å². The van der Waals surface area contributed by atoms with Crippen LogP contribution in [-0.2, 0) is 0 Å². The Labute approximate surface area is 75.6 Å². The summed E-state index contributed by atoms with van der Waals surface area (Å²) in [6, 6.07) is 3.41. The summed E-state index contributed by atoms with van der Waals surface area (Å²) in [6.45, 7) is 0. The van der Waals surface area contributed by atoms with Crippen molar-refractivity contribution >= 4 is 22.9 Å². The molecule has 0 fully saturated rings. The molecule has 4 nitrogen and oxygen atoms in total. The molecular weight excluding hydrogens is 176 g/mol. The Morgan fingerprint density at radius 2 is 2.58 bits per heavy atom. The van der Waals surface area contributed by atoms with Crippen molar-refractivity contribution in [3.8, 4) is 0 Å². The third-order valence-corrected chi connectivity index (χ3v) is 1.69. The van der Waals surface area contributed by atoms with Gasteiger partial charge < -0.3 is 5.32 Å². The molecule has 5 heteroatoms. The molecule has 0 atom stereocenters. The van der Waals surface area contributed by atoms with Gasteiger partial charge in [-0.05, 0) is 23.7 Å². The lowest BCUT2D eigenvalue weighted by Gasteiger charge is -2.01. The van der Waals surface area contributed by atoms with E-state index in [2.05, 4.69) is 15.4 Å². The Balaban J connectivity index is 2.84. The Morgan fingerprint density at radius 1 is 1.75 bits per heavy atom. The van der Waals surface area contributed by atoms with E-state index in [1.54, 1.807) is 19.2 Å². The molecule has 62 valence electrons. The first-order valence-electron chi connectivity index (χ1n) is 3.92. The molecule has 0 saturated carbocycles. The predicted octanol–water partition coefficient (Wildman–Crippen LogP) is 1.42. The van der Waals surface area contributed by atoms with Crippen molar-refractivity contribution in [2.75, 3.05) is 12.4 Å². The van der Waals surface area contributed by atoms with Gasteiger partial charge in [0.05, 0.1) is 1.37 Å². The zero-order valence-electron chi connectivity index (χ0n) is 7.37. The van der Waals surface area contributed by atoms with Crippen LogP contribution in [0.5, 0.6) is 0 Å². The highest BCUT2D eigenvalue weighted by Gasteiger charge is 2.02. The number of rotatable bonds is 1. The van der Waals surface area contributed by atoms with E-state index in [4.69, 9.17) is 13.0 Å². The van der Waals surface area contributed by atoms with Gasteiger partial charge in [-0.25, -0.2) is 4.52 Å². The minimum atomic E-state index is 0.126. The van der Waals surface area contributed by atoms with Crippen molar-refractivity contribution in [1.82, 2.24) is 14.6 Å². The number of nitrogens with one attached hydrogen (secondary N) is 1. The summed E-state index contributed by atoms with van der Waals surface area (Å²) in [5.41, 5.74) is 0.747. The van der Waals surface area contributed by atoms with E-state index < -0.39 is 0 Å². The summed E-state index contributed by atoms with van der Waals surface area (Å²) >= 11 is 5.67. The molecule has 2 aromatic rings. The Morgan fingerprint density at radius 3 is 3.33 bits per heavy atom. The number of halogens is 1. The molecule has 0 amide bonds. The fourth-order valence-electron chi connectivity index (χ4n) is 1.03. The maximum absolute atomic E-state index is 7.50. The van der Waals surface area contributed by atoms with Gasteiger partial charge in [-0.2, -0.15) is 4.98 Å². The van der Waals surface area contributed by atoms with Crippen LogP contribution in [0.25, 0.3) is 5.52 Å². The van der Waals surface area contributed by atoms with E-state index >= 15 is 0 Å². The summed E-state index contributed by atoms with van der Waals surface area (Å²) in [5.74, 6) is 0.624. The van der Waals surface area contributed by atoms with Crippen molar-refractivity contribution in [2.45, 2.75) is 0 Å². The van der Waals surface area contributed by atoms with Gasteiger partial charge in [-0.1, -0.05) is 0 Å². The second-order valence-corrected chi connectivity index (χ2v) is 2.58. The highest BCUT2D eigenvalue weighted by molar-refractivity contribution is 6.28. The lowest BCUT2D eigenvalue weighted by molar-refractivity contribution is 0.906. The molecule has 0 aliphatic heterocycles. The standard InChI is InChI=1S/C7H7ClN4/c1-9-6-5-3-2-4-12(5)11-7(8)10-6/h2-4H,1H3,(H,9,10,11)/i4D. The fourth-order valence-corrected chi connectivity index (χ4v) is 1.19. The minimum Gasteiger partial charge on any atom is -0.371 e. The summed E-state index contributed by atoms with van der Waals surface area (Å²) in [5, 5.41) is 6.90. The largest absolute Gasteiger partial charge is 0.371 e. The highest BCUT2D eigenvalue weighted by atomic mass is 35.5. The number of hydrogen-bond donors (Lipinski definition) is 1. The summed E-state index contributed by atoms with van der Waals surface area (Å²) in [7, 11) is 1.75. The molecule has 0 aliphatic carbocycles. The minimum absolute atomic E-state index is 0.126. The molecular formula is C7H7ClN4. The summed E-state index contributed by atoms with van der Waals surface area (Å²) in [4.78, 5) is 3.97. The van der Waals surface area contributed by atoms with Gasteiger partial charge in [0.2, 0.25) is 5.28 Å². The molecule has 12 heavy (non-hydrogen) atoms. The molecule has 0 aromatic carbocycles. The van der Waals surface area contributed by atoms with Crippen molar-refractivity contribution in [1.29, 1.82) is 0 Å². The molecule has 1 N–H and O–H groups in total. The first-order chi connectivity index (χ1) is 6.22. The molecule has 0 bridgehead atoms. The highest BCUT2D eigenvalue weighted by Crippen LogP contribution is 2.14. The van der Waals surface area contributed by atoms with E-state index in [1.807, 2.05) is 0 Å². The Hall–Kier alpha value is -1.29. The lowest BCUT2D eigenvalue weighted by Crippen LogP contribution is -2.00. The molecule has 0 unspecified atom stereocenters. The van der Waals surface area contributed by atoms with Crippen LogP contribution in [0.2, 0.25) is 5.28 Å². The zero-order valence-corrected chi connectivity index (χ0v) is 7.13. The third-order valence-electron chi connectivity index (χ3n) is 1.53. The topological polar surface area (TPSA) is 42.2 Å². The average molecular weight is 184 g/mol. The molecule has 0 saturated heterocycles. The Kier molecular flexibility index (Phi) is 1.37. The third kappa shape index (κ3) is 1.00. The van der Waals surface area contributed by atoms with Gasteiger partial charge in [0.1, 0.15) is 5.52 Å². The predicted molar refractivity (Wildman–Crippen MR) is 47.5 cm³/mol. The van der Waals surface area contributed by atoms with E-state index in [0.29, 0.717) is 5.82 Å². The number of aromatic nitrogens is 3. The van der Waals surface area contributed by atoms with Crippen LogP contribution < -0.4 is 5.32 Å². The van der Waals surface area contributed by atoms with Crippen LogP contribution in [0.3, 0.4) is 0 Å². The maximum Gasteiger partial charge on any atom is 0.243 e. The second-order valence-electron chi connectivity index (χ2n) is 2.24. The molecule has 2 aromatic heterocycles. The monoisotopic (exact) mass is 183 g/mol. The van der Waals surface area contributed by atoms with E-state index in [1.165, 1.54) is 4.52 Å². The quantitative estimate of drug-likeness (QED) is 0.727. The van der Waals surface area contributed by atoms with Crippen molar-refractivity contribution < 1.29 is 1.37 Å². The number of hydrogen-bond acceptors (Lipinski definition) is 3. The smallest absolute Gasteiger partial charge is 0.243 e. The maximum atomic E-state index is 7.50. The van der Waals surface area contributed by atoms with Gasteiger partial charge >= 0.3 is 0 Å². The second kappa shape index (κ2) is 2.64. The molecule has 2 rings (SSSR count). The lowest BCUT2D eigenvalue weighted by atomic mass is 10.5. The van der Waals surface area contributed by atoms with Crippen molar-refractivity contribution in [3.63, 3.8) is 0 Å². The van der Waals surface area contributed by atoms with Crippen LogP contribution >= 0.6 is 11.6 Å². The number of fused-ring (bicyclic) bond motifs is 1. The molecule has 2 heterocycles. The first kappa shape index (κ1) is 6.25. The summed E-state index contributed by atoms with van der Waals surface area (Å²) < 4.78 is 8.93. The van der Waals surface area contributed by atoms with Gasteiger partial charge in [-0.15, -0.1) is 5.10 Å². The molecule has 0 spiro atoms. The average Bonchev–Trinajstić information content (AvgIpc) is 2.47.